The second-order valence-corrected chi connectivity index (χ2v) is 2.86. The topological polar surface area (TPSA) is 81.7 Å². The van der Waals surface area contributed by atoms with Gasteiger partial charge in [-0.15, -0.1) is 0 Å². The van der Waals surface area contributed by atoms with Crippen molar-refractivity contribution in [2.24, 2.45) is 0 Å². The Bertz CT molecular complexity index is 299. The number of nitrogens with one attached hydrogen (secondary N) is 1. The lowest BCUT2D eigenvalue weighted by Gasteiger charge is -2.07. The molecule has 15 heavy (non-hydrogen) atoms. The molecule has 0 aromatic heterocycles. The van der Waals surface area contributed by atoms with Crippen LogP contribution in [0.1, 0.15) is 6.42 Å². The van der Waals surface area contributed by atoms with Gasteiger partial charge in [-0.2, -0.15) is 0 Å². The predicted molar refractivity (Wildman–Crippen MR) is 48.7 cm³/mol. The summed E-state index contributed by atoms with van der Waals surface area (Å²) in [4.78, 5) is 32.7. The number of carbonyl (C=O) groups is 3. The monoisotopic (exact) mass is 213 g/mol. The van der Waals surface area contributed by atoms with E-state index in [4.69, 9.17) is 4.74 Å². The summed E-state index contributed by atoms with van der Waals surface area (Å²) in [6, 6.07) is 0. The van der Waals surface area contributed by atoms with Crippen molar-refractivity contribution in [1.82, 2.24) is 5.32 Å². The summed E-state index contributed by atoms with van der Waals surface area (Å²) >= 11 is 0. The number of rotatable bonds is 4. The summed E-state index contributed by atoms with van der Waals surface area (Å²) in [6.07, 6.45) is 0.565. The van der Waals surface area contributed by atoms with Gasteiger partial charge in [0.1, 0.15) is 6.54 Å². The van der Waals surface area contributed by atoms with Gasteiger partial charge in [0.15, 0.2) is 0 Å². The van der Waals surface area contributed by atoms with Gasteiger partial charge in [0.05, 0.1) is 6.61 Å². The van der Waals surface area contributed by atoms with E-state index in [0.717, 1.165) is 6.08 Å². The molecule has 1 aliphatic rings. The zero-order chi connectivity index (χ0) is 11.3. The average Bonchev–Trinajstić information content (AvgIpc) is 2.61. The molecule has 1 fully saturated rings. The van der Waals surface area contributed by atoms with Crippen LogP contribution in [0.15, 0.2) is 12.7 Å². The van der Waals surface area contributed by atoms with Crippen LogP contribution in [-0.2, 0) is 23.9 Å². The van der Waals surface area contributed by atoms with Crippen molar-refractivity contribution in [2.75, 3.05) is 13.2 Å². The largest absolute Gasteiger partial charge is 0.463 e. The quantitative estimate of drug-likeness (QED) is 0.485. The standard InChI is InChI=1S/C9H11NO5/c1-2-7(11)10-5-8(12)15-6-3-4-14-9(6)13/h2,6H,1,3-5H2,(H,10,11). The lowest BCUT2D eigenvalue weighted by Crippen LogP contribution is -2.32. The van der Waals surface area contributed by atoms with Crippen molar-refractivity contribution in [2.45, 2.75) is 12.5 Å². The molecule has 0 aromatic rings. The molecule has 0 aromatic carbocycles. The molecule has 1 rings (SSSR count). The van der Waals surface area contributed by atoms with E-state index >= 15 is 0 Å². The van der Waals surface area contributed by atoms with Gasteiger partial charge in [0.2, 0.25) is 12.0 Å². The van der Waals surface area contributed by atoms with Crippen LogP contribution in [0.4, 0.5) is 0 Å². The van der Waals surface area contributed by atoms with E-state index in [1.165, 1.54) is 0 Å². The Balaban J connectivity index is 2.26. The first-order valence-electron chi connectivity index (χ1n) is 4.40. The normalized spacial score (nSPS) is 19.2. The number of hydrogen-bond acceptors (Lipinski definition) is 5. The molecule has 1 amide bonds. The highest BCUT2D eigenvalue weighted by atomic mass is 16.6. The molecule has 0 radical (unpaired) electrons. The molecule has 0 aliphatic carbocycles. The van der Waals surface area contributed by atoms with Crippen LogP contribution in [0.5, 0.6) is 0 Å². The number of amides is 1. The maximum atomic E-state index is 11.1. The van der Waals surface area contributed by atoms with Crippen LogP contribution in [-0.4, -0.2) is 37.1 Å². The summed E-state index contributed by atoms with van der Waals surface area (Å²) in [7, 11) is 0. The fourth-order valence-corrected chi connectivity index (χ4v) is 1.02. The summed E-state index contributed by atoms with van der Waals surface area (Å²) in [5.41, 5.74) is 0. The molecule has 1 N–H and O–H groups in total. The molecule has 0 spiro atoms. The van der Waals surface area contributed by atoms with Crippen LogP contribution in [0.2, 0.25) is 0 Å². The van der Waals surface area contributed by atoms with E-state index in [0.29, 0.717) is 6.42 Å². The minimum Gasteiger partial charge on any atom is -0.463 e. The molecule has 1 aliphatic heterocycles. The lowest BCUT2D eigenvalue weighted by atomic mass is 10.3. The second-order valence-electron chi connectivity index (χ2n) is 2.86. The smallest absolute Gasteiger partial charge is 0.347 e. The summed E-state index contributed by atoms with van der Waals surface area (Å²) in [5, 5.41) is 2.24. The van der Waals surface area contributed by atoms with Gasteiger partial charge in [-0.05, 0) is 6.08 Å². The molecule has 0 saturated carbocycles. The third-order valence-corrected chi connectivity index (χ3v) is 1.75. The molecule has 82 valence electrons. The van der Waals surface area contributed by atoms with Crippen LogP contribution in [0.25, 0.3) is 0 Å². The van der Waals surface area contributed by atoms with Crippen molar-refractivity contribution in [3.8, 4) is 0 Å². The zero-order valence-corrected chi connectivity index (χ0v) is 8.02. The molecule has 1 heterocycles. The van der Waals surface area contributed by atoms with E-state index < -0.39 is 23.9 Å². The number of carbonyl (C=O) groups excluding carboxylic acids is 3. The van der Waals surface area contributed by atoms with Crippen LogP contribution in [0, 0.1) is 0 Å². The van der Waals surface area contributed by atoms with Crippen molar-refractivity contribution in [3.05, 3.63) is 12.7 Å². The van der Waals surface area contributed by atoms with E-state index in [-0.39, 0.29) is 13.2 Å². The van der Waals surface area contributed by atoms with E-state index in [1.54, 1.807) is 0 Å². The highest BCUT2D eigenvalue weighted by molar-refractivity contribution is 5.90. The third-order valence-electron chi connectivity index (χ3n) is 1.75. The summed E-state index contributed by atoms with van der Waals surface area (Å²) < 4.78 is 9.35. The van der Waals surface area contributed by atoms with Crippen molar-refractivity contribution in [1.29, 1.82) is 0 Å². The van der Waals surface area contributed by atoms with E-state index in [9.17, 15) is 14.4 Å². The molecule has 6 nitrogen and oxygen atoms in total. The fraction of sp³-hybridized carbons (Fsp3) is 0.444. The van der Waals surface area contributed by atoms with Crippen LogP contribution >= 0.6 is 0 Å². The maximum absolute atomic E-state index is 11.1. The number of cyclic esters (lactones) is 1. The van der Waals surface area contributed by atoms with Crippen LogP contribution in [0.3, 0.4) is 0 Å². The van der Waals surface area contributed by atoms with Gasteiger partial charge in [-0.1, -0.05) is 6.58 Å². The van der Waals surface area contributed by atoms with Crippen molar-refractivity contribution >= 4 is 17.8 Å². The average molecular weight is 213 g/mol. The van der Waals surface area contributed by atoms with Gasteiger partial charge < -0.3 is 14.8 Å². The molecule has 1 unspecified atom stereocenters. The Morgan fingerprint density at radius 2 is 2.40 bits per heavy atom. The SMILES string of the molecule is C=CC(=O)NCC(=O)OC1CCOC1=O. The Morgan fingerprint density at radius 3 is 2.93 bits per heavy atom. The first-order valence-corrected chi connectivity index (χ1v) is 4.40. The van der Waals surface area contributed by atoms with Crippen molar-refractivity contribution < 1.29 is 23.9 Å². The van der Waals surface area contributed by atoms with Gasteiger partial charge in [0.25, 0.3) is 0 Å². The van der Waals surface area contributed by atoms with Gasteiger partial charge >= 0.3 is 11.9 Å². The predicted octanol–water partition coefficient (Wildman–Crippen LogP) is -0.853. The fourth-order valence-electron chi connectivity index (χ4n) is 1.02. The van der Waals surface area contributed by atoms with Crippen molar-refractivity contribution in [3.63, 3.8) is 0 Å². The highest BCUT2D eigenvalue weighted by Crippen LogP contribution is 2.09. The lowest BCUT2D eigenvalue weighted by molar-refractivity contribution is -0.159. The molecular formula is C9H11NO5. The van der Waals surface area contributed by atoms with E-state index in [2.05, 4.69) is 16.6 Å². The minimum atomic E-state index is -0.835. The second kappa shape index (κ2) is 5.14. The number of ether oxygens (including phenoxy) is 2. The van der Waals surface area contributed by atoms with Crippen LogP contribution < -0.4 is 5.32 Å². The van der Waals surface area contributed by atoms with E-state index in [1.807, 2.05) is 0 Å². The molecular weight excluding hydrogens is 202 g/mol. The number of hydrogen-bond donors (Lipinski definition) is 1. The molecule has 0 bridgehead atoms. The zero-order valence-electron chi connectivity index (χ0n) is 8.02. The first kappa shape index (κ1) is 11.2. The molecule has 6 heteroatoms. The minimum absolute atomic E-state index is 0.260. The molecule has 1 saturated heterocycles. The van der Waals surface area contributed by atoms with Gasteiger partial charge in [-0.25, -0.2) is 4.79 Å². The first-order chi connectivity index (χ1) is 7.13. The maximum Gasteiger partial charge on any atom is 0.347 e. The van der Waals surface area contributed by atoms with Gasteiger partial charge in [-0.3, -0.25) is 9.59 Å². The summed E-state index contributed by atoms with van der Waals surface area (Å²) in [6.45, 7) is 3.19. The Labute approximate surface area is 86.2 Å². The highest BCUT2D eigenvalue weighted by Gasteiger charge is 2.29. The summed E-state index contributed by atoms with van der Waals surface area (Å²) in [5.74, 6) is -1.69. The Morgan fingerprint density at radius 1 is 1.67 bits per heavy atom. The number of esters is 2. The molecule has 1 atom stereocenters. The Hall–Kier alpha value is -1.85. The third kappa shape index (κ3) is 3.41. The van der Waals surface area contributed by atoms with Gasteiger partial charge in [0, 0.05) is 6.42 Å². The Kier molecular flexibility index (Phi) is 3.84.